The number of nitrogens with one attached hydrogen (secondary N) is 1. The third-order valence-corrected chi connectivity index (χ3v) is 2.61. The van der Waals surface area contributed by atoms with Gasteiger partial charge in [-0.15, -0.1) is 5.10 Å². The summed E-state index contributed by atoms with van der Waals surface area (Å²) in [6.07, 6.45) is 4.54. The summed E-state index contributed by atoms with van der Waals surface area (Å²) in [6.45, 7) is 1.60. The van der Waals surface area contributed by atoms with Gasteiger partial charge in [-0.25, -0.2) is 0 Å². The van der Waals surface area contributed by atoms with E-state index < -0.39 is 10.8 Å². The van der Waals surface area contributed by atoms with Gasteiger partial charge < -0.3 is 5.32 Å². The van der Waals surface area contributed by atoms with E-state index in [2.05, 4.69) is 15.6 Å². The molecule has 0 fully saturated rings. The van der Waals surface area contributed by atoms with Gasteiger partial charge in [-0.3, -0.25) is 8.89 Å². The van der Waals surface area contributed by atoms with Crippen molar-refractivity contribution in [2.24, 2.45) is 7.05 Å². The van der Waals surface area contributed by atoms with Crippen molar-refractivity contribution < 1.29 is 4.21 Å². The van der Waals surface area contributed by atoms with Gasteiger partial charge in [0, 0.05) is 42.6 Å². The standard InChI is InChI=1S/C8H16N4OS/c1-12-7-8(10-11-12)6-9-4-3-5-14(2)13/h7,9H,3-6H2,1-2H3. The number of aryl methyl sites for hydroxylation is 1. The van der Waals surface area contributed by atoms with Crippen LogP contribution in [0.4, 0.5) is 0 Å². The fourth-order valence-electron chi connectivity index (χ4n) is 1.09. The molecule has 0 bridgehead atoms. The fourth-order valence-corrected chi connectivity index (χ4v) is 1.64. The molecule has 0 aliphatic heterocycles. The summed E-state index contributed by atoms with van der Waals surface area (Å²) in [5, 5.41) is 11.0. The first kappa shape index (κ1) is 11.3. The van der Waals surface area contributed by atoms with Gasteiger partial charge in [0.2, 0.25) is 0 Å². The predicted octanol–water partition coefficient (Wildman–Crippen LogP) is -0.327. The van der Waals surface area contributed by atoms with Crippen LogP contribution >= 0.6 is 0 Å². The van der Waals surface area contributed by atoms with Gasteiger partial charge in [0.05, 0.1) is 5.69 Å². The summed E-state index contributed by atoms with van der Waals surface area (Å²) in [5.41, 5.74) is 0.935. The smallest absolute Gasteiger partial charge is 0.0964 e. The minimum absolute atomic E-state index is 0.681. The average Bonchev–Trinajstić information content (AvgIpc) is 2.50. The summed E-state index contributed by atoms with van der Waals surface area (Å²) in [6, 6.07) is 0. The Morgan fingerprint density at radius 1 is 1.64 bits per heavy atom. The van der Waals surface area contributed by atoms with E-state index in [1.807, 2.05) is 13.2 Å². The molecule has 1 rings (SSSR count). The molecular weight excluding hydrogens is 200 g/mol. The van der Waals surface area contributed by atoms with Crippen LogP contribution in [0.2, 0.25) is 0 Å². The van der Waals surface area contributed by atoms with Crippen LogP contribution in [0.15, 0.2) is 6.20 Å². The van der Waals surface area contributed by atoms with Crippen LogP contribution in [0.3, 0.4) is 0 Å². The maximum atomic E-state index is 10.7. The van der Waals surface area contributed by atoms with Crippen LogP contribution in [0.5, 0.6) is 0 Å². The lowest BCUT2D eigenvalue weighted by Gasteiger charge is -2.00. The highest BCUT2D eigenvalue weighted by molar-refractivity contribution is 7.84. The predicted molar refractivity (Wildman–Crippen MR) is 56.3 cm³/mol. The summed E-state index contributed by atoms with van der Waals surface area (Å²) in [7, 11) is 1.16. The molecule has 0 amide bonds. The van der Waals surface area contributed by atoms with E-state index in [1.54, 1.807) is 10.9 Å². The van der Waals surface area contributed by atoms with Gasteiger partial charge in [0.1, 0.15) is 0 Å². The van der Waals surface area contributed by atoms with Crippen molar-refractivity contribution >= 4 is 10.8 Å². The second-order valence-electron chi connectivity index (χ2n) is 3.19. The van der Waals surface area contributed by atoms with E-state index in [4.69, 9.17) is 0 Å². The molecular formula is C8H16N4OS. The van der Waals surface area contributed by atoms with Crippen molar-refractivity contribution in [1.29, 1.82) is 0 Å². The molecule has 0 spiro atoms. The molecule has 0 saturated carbocycles. The highest BCUT2D eigenvalue weighted by Gasteiger charge is 1.97. The summed E-state index contributed by atoms with van der Waals surface area (Å²) < 4.78 is 12.4. The van der Waals surface area contributed by atoms with Gasteiger partial charge in [-0.2, -0.15) is 0 Å². The van der Waals surface area contributed by atoms with Crippen LogP contribution < -0.4 is 5.32 Å². The van der Waals surface area contributed by atoms with Gasteiger partial charge in [-0.05, 0) is 13.0 Å². The molecule has 0 saturated heterocycles. The second kappa shape index (κ2) is 5.87. The zero-order valence-corrected chi connectivity index (χ0v) is 9.38. The quantitative estimate of drug-likeness (QED) is 0.662. The zero-order chi connectivity index (χ0) is 10.4. The molecule has 1 heterocycles. The van der Waals surface area contributed by atoms with E-state index >= 15 is 0 Å². The lowest BCUT2D eigenvalue weighted by atomic mass is 10.4. The Labute approximate surface area is 86.3 Å². The Hall–Kier alpha value is -0.750. The third-order valence-electron chi connectivity index (χ3n) is 1.74. The van der Waals surface area contributed by atoms with E-state index in [0.29, 0.717) is 0 Å². The van der Waals surface area contributed by atoms with E-state index in [0.717, 1.165) is 31.0 Å². The Bertz CT molecular complexity index is 299. The average molecular weight is 216 g/mol. The first-order valence-electron chi connectivity index (χ1n) is 4.54. The summed E-state index contributed by atoms with van der Waals surface area (Å²) in [5.74, 6) is 0.757. The van der Waals surface area contributed by atoms with E-state index in [1.165, 1.54) is 0 Å². The number of aromatic nitrogens is 3. The number of nitrogens with zero attached hydrogens (tertiary/aromatic N) is 3. The lowest BCUT2D eigenvalue weighted by Crippen LogP contribution is -2.16. The van der Waals surface area contributed by atoms with Crippen molar-refractivity contribution in [3.63, 3.8) is 0 Å². The van der Waals surface area contributed by atoms with Crippen LogP contribution in [-0.2, 0) is 24.4 Å². The highest BCUT2D eigenvalue weighted by atomic mass is 32.2. The molecule has 1 unspecified atom stereocenters. The maximum Gasteiger partial charge on any atom is 0.0964 e. The third kappa shape index (κ3) is 4.48. The number of hydrogen-bond acceptors (Lipinski definition) is 4. The highest BCUT2D eigenvalue weighted by Crippen LogP contribution is 1.90. The summed E-state index contributed by atoms with van der Waals surface area (Å²) in [4.78, 5) is 0. The SMILES string of the molecule is Cn1cc(CNCCCS(C)=O)nn1. The lowest BCUT2D eigenvalue weighted by molar-refractivity contribution is 0.653. The van der Waals surface area contributed by atoms with Crippen molar-refractivity contribution in [2.45, 2.75) is 13.0 Å². The molecule has 14 heavy (non-hydrogen) atoms. The van der Waals surface area contributed by atoms with Crippen molar-refractivity contribution in [3.05, 3.63) is 11.9 Å². The maximum absolute atomic E-state index is 10.7. The normalized spacial score (nSPS) is 13.0. The first-order chi connectivity index (χ1) is 6.68. The van der Waals surface area contributed by atoms with Gasteiger partial charge in [0.15, 0.2) is 0 Å². The summed E-state index contributed by atoms with van der Waals surface area (Å²) >= 11 is 0. The Kier molecular flexibility index (Phi) is 4.75. The van der Waals surface area contributed by atoms with Crippen LogP contribution in [0.25, 0.3) is 0 Å². The Morgan fingerprint density at radius 3 is 3.00 bits per heavy atom. The van der Waals surface area contributed by atoms with Gasteiger partial charge in [0.25, 0.3) is 0 Å². The molecule has 0 aromatic carbocycles. The largest absolute Gasteiger partial charge is 0.311 e. The minimum Gasteiger partial charge on any atom is -0.311 e. The van der Waals surface area contributed by atoms with Crippen molar-refractivity contribution in [3.8, 4) is 0 Å². The Balaban J connectivity index is 2.07. The molecule has 0 radical (unpaired) electrons. The topological polar surface area (TPSA) is 59.8 Å². The van der Waals surface area contributed by atoms with Gasteiger partial charge in [-0.1, -0.05) is 5.21 Å². The molecule has 1 aromatic rings. The van der Waals surface area contributed by atoms with Crippen molar-refractivity contribution in [1.82, 2.24) is 20.3 Å². The number of hydrogen-bond donors (Lipinski definition) is 1. The molecule has 80 valence electrons. The fraction of sp³-hybridized carbons (Fsp3) is 0.750. The molecule has 1 atom stereocenters. The minimum atomic E-state index is -0.681. The second-order valence-corrected chi connectivity index (χ2v) is 4.75. The number of rotatable bonds is 6. The molecule has 0 aliphatic rings. The molecule has 1 aromatic heterocycles. The zero-order valence-electron chi connectivity index (χ0n) is 8.56. The van der Waals surface area contributed by atoms with E-state index in [-0.39, 0.29) is 0 Å². The van der Waals surface area contributed by atoms with Crippen LogP contribution in [-0.4, -0.2) is 37.8 Å². The van der Waals surface area contributed by atoms with Crippen molar-refractivity contribution in [2.75, 3.05) is 18.6 Å². The molecule has 6 heteroatoms. The monoisotopic (exact) mass is 216 g/mol. The molecule has 5 nitrogen and oxygen atoms in total. The molecule has 1 N–H and O–H groups in total. The van der Waals surface area contributed by atoms with Crippen LogP contribution in [0.1, 0.15) is 12.1 Å². The first-order valence-corrected chi connectivity index (χ1v) is 6.27. The van der Waals surface area contributed by atoms with Gasteiger partial charge >= 0.3 is 0 Å². The Morgan fingerprint density at radius 2 is 2.43 bits per heavy atom. The van der Waals surface area contributed by atoms with E-state index in [9.17, 15) is 4.21 Å². The molecule has 0 aliphatic carbocycles. The van der Waals surface area contributed by atoms with Crippen LogP contribution in [0, 0.1) is 0 Å².